The number of nitrogens with zero attached hydrogens (tertiary/aromatic N) is 1. The molecule has 1 aliphatic heterocycles. The van der Waals surface area contributed by atoms with Crippen molar-refractivity contribution in [2.45, 2.75) is 13.5 Å². The number of amides is 1. The van der Waals surface area contributed by atoms with Crippen molar-refractivity contribution in [3.63, 3.8) is 0 Å². The molecule has 0 unspecified atom stereocenters. The molecule has 0 atom stereocenters. The van der Waals surface area contributed by atoms with E-state index in [4.69, 9.17) is 4.74 Å². The first-order valence-electron chi connectivity index (χ1n) is 12.3. The largest absolute Gasteiger partial charge is 0.462 e. The normalized spacial score (nSPS) is 13.8. The van der Waals surface area contributed by atoms with Gasteiger partial charge in [0, 0.05) is 30.9 Å². The second-order valence-corrected chi connectivity index (χ2v) is 8.60. The van der Waals surface area contributed by atoms with Crippen LogP contribution in [0.15, 0.2) is 72.8 Å². The van der Waals surface area contributed by atoms with Crippen molar-refractivity contribution in [3.05, 3.63) is 95.1 Å². The summed E-state index contributed by atoms with van der Waals surface area (Å²) in [6.07, 6.45) is 0. The van der Waals surface area contributed by atoms with Crippen LogP contribution in [0.5, 0.6) is 0 Å². The third-order valence-electron chi connectivity index (χ3n) is 6.05. The molecule has 3 aromatic carbocycles. The topological polar surface area (TPSA) is 111 Å². The number of carbonyl (C=O) groups excluding carboxylic acids is 2. The molecule has 1 aliphatic rings. The Hall–Kier alpha value is -3.98. The Morgan fingerprint density at radius 1 is 0.946 bits per heavy atom. The maximum atomic E-state index is 13.2. The molecule has 1 amide bonds. The molecule has 1 heterocycles. The van der Waals surface area contributed by atoms with Gasteiger partial charge in [0.05, 0.1) is 42.3 Å². The number of ether oxygens (including phenoxy) is 1. The fourth-order valence-corrected chi connectivity index (χ4v) is 4.30. The maximum Gasteiger partial charge on any atom is 0.338 e. The van der Waals surface area contributed by atoms with E-state index in [0.29, 0.717) is 47.7 Å². The van der Waals surface area contributed by atoms with Crippen LogP contribution in [-0.2, 0) is 16.1 Å². The number of hydrogen-bond donors (Lipinski definition) is 4. The van der Waals surface area contributed by atoms with E-state index >= 15 is 0 Å². The van der Waals surface area contributed by atoms with E-state index in [1.54, 1.807) is 25.1 Å². The summed E-state index contributed by atoms with van der Waals surface area (Å²) in [5.41, 5.74) is 5.45. The molecule has 4 rings (SSSR count). The molecule has 0 bridgehead atoms. The van der Waals surface area contributed by atoms with Crippen LogP contribution in [0.1, 0.15) is 34.0 Å². The van der Waals surface area contributed by atoms with Crippen molar-refractivity contribution < 1.29 is 24.5 Å². The minimum Gasteiger partial charge on any atom is -0.462 e. The zero-order valence-electron chi connectivity index (χ0n) is 20.7. The highest BCUT2D eigenvalue weighted by Gasteiger charge is 2.29. The molecule has 0 radical (unpaired) electrons. The van der Waals surface area contributed by atoms with Gasteiger partial charge >= 0.3 is 5.97 Å². The Labute approximate surface area is 216 Å². The molecule has 3 aromatic rings. The summed E-state index contributed by atoms with van der Waals surface area (Å²) in [6.45, 7) is 3.64. The van der Waals surface area contributed by atoms with E-state index in [0.717, 1.165) is 16.8 Å². The van der Waals surface area contributed by atoms with Gasteiger partial charge in [-0.05, 0) is 42.3 Å². The van der Waals surface area contributed by atoms with Gasteiger partial charge in [-0.3, -0.25) is 9.69 Å². The van der Waals surface area contributed by atoms with E-state index in [1.165, 1.54) is 0 Å². The summed E-state index contributed by atoms with van der Waals surface area (Å²) in [7, 11) is 0. The second-order valence-electron chi connectivity index (χ2n) is 8.60. The lowest BCUT2D eigenvalue weighted by Gasteiger charge is -2.20. The summed E-state index contributed by atoms with van der Waals surface area (Å²) in [6, 6.07) is 22.5. The number of esters is 1. The Bertz CT molecular complexity index is 1270. The van der Waals surface area contributed by atoms with Gasteiger partial charge in [0.25, 0.3) is 5.91 Å². The monoisotopic (exact) mass is 501 g/mol. The molecule has 8 nitrogen and oxygen atoms in total. The first-order valence-corrected chi connectivity index (χ1v) is 12.3. The van der Waals surface area contributed by atoms with Crippen molar-refractivity contribution >= 4 is 34.5 Å². The zero-order chi connectivity index (χ0) is 26.2. The molecule has 0 saturated carbocycles. The smallest absolute Gasteiger partial charge is 0.338 e. The second kappa shape index (κ2) is 12.3. The fraction of sp³-hybridized carbons (Fsp3) is 0.241. The lowest BCUT2D eigenvalue weighted by Crippen LogP contribution is -2.29. The van der Waals surface area contributed by atoms with Crippen LogP contribution < -0.4 is 10.6 Å². The van der Waals surface area contributed by atoms with Gasteiger partial charge in [-0.1, -0.05) is 48.5 Å². The lowest BCUT2D eigenvalue weighted by molar-refractivity contribution is -0.110. The van der Waals surface area contributed by atoms with Crippen LogP contribution in [0.4, 0.5) is 11.4 Å². The van der Waals surface area contributed by atoms with E-state index in [2.05, 4.69) is 10.6 Å². The zero-order valence-corrected chi connectivity index (χ0v) is 20.7. The fourth-order valence-electron chi connectivity index (χ4n) is 4.30. The molecule has 8 heteroatoms. The first kappa shape index (κ1) is 26.1. The maximum absolute atomic E-state index is 13.2. The van der Waals surface area contributed by atoms with Crippen LogP contribution >= 0.6 is 0 Å². The van der Waals surface area contributed by atoms with Crippen LogP contribution in [0.25, 0.3) is 11.3 Å². The van der Waals surface area contributed by atoms with Gasteiger partial charge in [-0.25, -0.2) is 4.79 Å². The number of benzene rings is 3. The summed E-state index contributed by atoms with van der Waals surface area (Å²) in [4.78, 5) is 27.3. The Balaban J connectivity index is 1.67. The number of aliphatic hydroxyl groups excluding tert-OH is 2. The van der Waals surface area contributed by atoms with E-state index in [1.807, 2.05) is 59.5 Å². The predicted octanol–water partition coefficient (Wildman–Crippen LogP) is 3.58. The number of hydrogen-bond acceptors (Lipinski definition) is 7. The number of anilines is 2. The first-order chi connectivity index (χ1) is 18.0. The van der Waals surface area contributed by atoms with Crippen molar-refractivity contribution in [2.24, 2.45) is 0 Å². The van der Waals surface area contributed by atoms with Crippen molar-refractivity contribution in [2.75, 3.05) is 43.5 Å². The average Bonchev–Trinajstić information content (AvgIpc) is 3.24. The van der Waals surface area contributed by atoms with Gasteiger partial charge in [-0.15, -0.1) is 0 Å². The summed E-state index contributed by atoms with van der Waals surface area (Å²) in [5.74, 6) is -0.697. The van der Waals surface area contributed by atoms with Crippen LogP contribution in [0, 0.1) is 0 Å². The summed E-state index contributed by atoms with van der Waals surface area (Å²) >= 11 is 0. The highest BCUT2D eigenvalue weighted by atomic mass is 16.5. The minimum atomic E-state index is -0.435. The molecular weight excluding hydrogens is 470 g/mol. The van der Waals surface area contributed by atoms with Crippen molar-refractivity contribution in [1.82, 2.24) is 4.90 Å². The minimum absolute atomic E-state index is 0.0263. The molecule has 0 aromatic heterocycles. The predicted molar refractivity (Wildman–Crippen MR) is 144 cm³/mol. The van der Waals surface area contributed by atoms with Gasteiger partial charge in [0.1, 0.15) is 0 Å². The molecule has 192 valence electrons. The van der Waals surface area contributed by atoms with E-state index < -0.39 is 5.97 Å². The molecule has 0 saturated heterocycles. The quantitative estimate of drug-likeness (QED) is 0.235. The van der Waals surface area contributed by atoms with Gasteiger partial charge in [0.15, 0.2) is 0 Å². The Kier molecular flexibility index (Phi) is 8.68. The highest BCUT2D eigenvalue weighted by molar-refractivity contribution is 6.37. The van der Waals surface area contributed by atoms with Crippen molar-refractivity contribution in [3.8, 4) is 0 Å². The molecular formula is C29H31N3O5. The molecule has 4 N–H and O–H groups in total. The van der Waals surface area contributed by atoms with Gasteiger partial charge in [0.2, 0.25) is 0 Å². The van der Waals surface area contributed by atoms with Crippen LogP contribution in [-0.4, -0.2) is 59.9 Å². The van der Waals surface area contributed by atoms with Crippen molar-refractivity contribution in [1.29, 1.82) is 0 Å². The average molecular weight is 502 g/mol. The summed E-state index contributed by atoms with van der Waals surface area (Å²) in [5, 5.41) is 24.8. The van der Waals surface area contributed by atoms with Gasteiger partial charge in [-0.2, -0.15) is 0 Å². The van der Waals surface area contributed by atoms with Gasteiger partial charge < -0.3 is 25.6 Å². The Morgan fingerprint density at radius 2 is 1.65 bits per heavy atom. The molecule has 0 spiro atoms. The molecule has 37 heavy (non-hydrogen) atoms. The highest BCUT2D eigenvalue weighted by Crippen LogP contribution is 2.38. The number of aliphatic hydroxyl groups is 2. The van der Waals surface area contributed by atoms with Crippen LogP contribution in [0.2, 0.25) is 0 Å². The van der Waals surface area contributed by atoms with Crippen LogP contribution in [0.3, 0.4) is 0 Å². The SMILES string of the molecule is CCOC(=O)c1ccc2c(c1)NC(=O)/C2=C(/Nc1ccc(CN(CCO)CCO)cc1)c1ccccc1. The number of rotatable bonds is 11. The molecule has 0 fully saturated rings. The standard InChI is InChI=1S/C29H31N3O5/c1-2-37-29(36)22-10-13-24-25(18-22)31-28(35)26(24)27(21-6-4-3-5-7-21)30-23-11-8-20(9-12-23)19-32(14-16-33)15-17-34/h3-13,18,30,33-34H,2,14-17,19H2,1H3,(H,31,35)/b27-26+. The number of carbonyl (C=O) groups is 2. The summed E-state index contributed by atoms with van der Waals surface area (Å²) < 4.78 is 5.09. The molecule has 0 aliphatic carbocycles. The third kappa shape index (κ3) is 6.24. The third-order valence-corrected chi connectivity index (χ3v) is 6.05. The number of fused-ring (bicyclic) bond motifs is 1. The van der Waals surface area contributed by atoms with E-state index in [9.17, 15) is 19.8 Å². The Morgan fingerprint density at radius 3 is 2.30 bits per heavy atom. The lowest BCUT2D eigenvalue weighted by atomic mass is 9.99. The number of nitrogens with one attached hydrogen (secondary N) is 2. The van der Waals surface area contributed by atoms with E-state index in [-0.39, 0.29) is 25.7 Å².